The Bertz CT molecular complexity index is 617. The molecule has 2 heterocycles. The number of benzene rings is 1. The van der Waals surface area contributed by atoms with Crippen molar-refractivity contribution < 1.29 is 0 Å². The number of aromatic nitrogens is 1. The summed E-state index contributed by atoms with van der Waals surface area (Å²) in [5, 5.41) is 1.11. The molecule has 2 aromatic rings. The Morgan fingerprint density at radius 3 is 2.82 bits per heavy atom. The molecule has 0 saturated heterocycles. The summed E-state index contributed by atoms with van der Waals surface area (Å²) < 4.78 is 0. The number of likely N-dealkylation sites (N-methyl/N-ethyl adjacent to an activating group) is 1. The molecule has 3 nitrogen and oxygen atoms in total. The van der Waals surface area contributed by atoms with Gasteiger partial charge in [0.15, 0.2) is 0 Å². The highest BCUT2D eigenvalue weighted by atomic mass is 15.2. The standard InChI is InChI=1S/C14H17N3/c1-8-6-9(2)13-11(7-8)12(15)10-4-5-17(3)14(10)16-13/h6-7H,4-5H2,1-3H3,(H2,15,16). The number of nitrogens with zero attached hydrogens (tertiary/aromatic N) is 2. The van der Waals surface area contributed by atoms with E-state index in [1.54, 1.807) is 0 Å². The van der Waals surface area contributed by atoms with Crippen LogP contribution < -0.4 is 10.6 Å². The molecule has 1 aromatic heterocycles. The molecule has 0 aliphatic carbocycles. The molecule has 0 spiro atoms. The second kappa shape index (κ2) is 3.36. The van der Waals surface area contributed by atoms with Crippen molar-refractivity contribution in [2.24, 2.45) is 0 Å². The third-order valence-electron chi connectivity index (χ3n) is 3.61. The fourth-order valence-electron chi connectivity index (χ4n) is 2.72. The third-order valence-corrected chi connectivity index (χ3v) is 3.61. The van der Waals surface area contributed by atoms with Crippen LogP contribution in [0.3, 0.4) is 0 Å². The van der Waals surface area contributed by atoms with Gasteiger partial charge < -0.3 is 10.6 Å². The summed E-state index contributed by atoms with van der Waals surface area (Å²) in [6.07, 6.45) is 1.01. The molecule has 0 saturated carbocycles. The predicted octanol–water partition coefficient (Wildman–Crippen LogP) is 2.43. The molecular weight excluding hydrogens is 210 g/mol. The maximum Gasteiger partial charge on any atom is 0.134 e. The summed E-state index contributed by atoms with van der Waals surface area (Å²) in [6.45, 7) is 5.22. The molecule has 1 aliphatic rings. The lowest BCUT2D eigenvalue weighted by Crippen LogP contribution is -2.13. The number of aryl methyl sites for hydroxylation is 2. The second-order valence-electron chi connectivity index (χ2n) is 4.98. The number of hydrogen-bond donors (Lipinski definition) is 1. The zero-order valence-electron chi connectivity index (χ0n) is 10.5. The van der Waals surface area contributed by atoms with Gasteiger partial charge in [0.2, 0.25) is 0 Å². The van der Waals surface area contributed by atoms with Gasteiger partial charge in [-0.2, -0.15) is 0 Å². The zero-order chi connectivity index (χ0) is 12.2. The Labute approximate surface area is 101 Å². The van der Waals surface area contributed by atoms with E-state index in [0.29, 0.717) is 0 Å². The number of nitrogens with two attached hydrogens (primary N) is 1. The van der Waals surface area contributed by atoms with E-state index in [0.717, 1.165) is 35.4 Å². The van der Waals surface area contributed by atoms with Crippen LogP contribution in [-0.4, -0.2) is 18.6 Å². The number of pyridine rings is 1. The highest BCUT2D eigenvalue weighted by Crippen LogP contribution is 2.36. The van der Waals surface area contributed by atoms with Gasteiger partial charge in [-0.1, -0.05) is 11.6 Å². The summed E-state index contributed by atoms with van der Waals surface area (Å²) in [5.41, 5.74) is 11.9. The Morgan fingerprint density at radius 1 is 1.29 bits per heavy atom. The predicted molar refractivity (Wildman–Crippen MR) is 72.6 cm³/mol. The van der Waals surface area contributed by atoms with Crippen molar-refractivity contribution in [2.45, 2.75) is 20.3 Å². The van der Waals surface area contributed by atoms with Crippen molar-refractivity contribution in [3.63, 3.8) is 0 Å². The Hall–Kier alpha value is -1.77. The number of anilines is 2. The van der Waals surface area contributed by atoms with Gasteiger partial charge in [-0.25, -0.2) is 4.98 Å². The van der Waals surface area contributed by atoms with E-state index < -0.39 is 0 Å². The topological polar surface area (TPSA) is 42.1 Å². The maximum absolute atomic E-state index is 6.30. The number of fused-ring (bicyclic) bond motifs is 2. The summed E-state index contributed by atoms with van der Waals surface area (Å²) in [7, 11) is 2.08. The van der Waals surface area contributed by atoms with Crippen LogP contribution in [0, 0.1) is 13.8 Å². The molecule has 1 aliphatic heterocycles. The van der Waals surface area contributed by atoms with E-state index in [1.807, 2.05) is 0 Å². The van der Waals surface area contributed by atoms with Crippen LogP contribution in [0.2, 0.25) is 0 Å². The van der Waals surface area contributed by atoms with Crippen molar-refractivity contribution in [1.82, 2.24) is 4.98 Å². The van der Waals surface area contributed by atoms with Gasteiger partial charge in [0.25, 0.3) is 0 Å². The van der Waals surface area contributed by atoms with Gasteiger partial charge in [-0.3, -0.25) is 0 Å². The molecule has 3 rings (SSSR count). The average Bonchev–Trinajstić information content (AvgIpc) is 2.63. The number of hydrogen-bond acceptors (Lipinski definition) is 3. The second-order valence-corrected chi connectivity index (χ2v) is 4.98. The first-order chi connectivity index (χ1) is 8.08. The van der Waals surface area contributed by atoms with E-state index in [-0.39, 0.29) is 0 Å². The minimum Gasteiger partial charge on any atom is -0.398 e. The van der Waals surface area contributed by atoms with E-state index in [4.69, 9.17) is 10.7 Å². The lowest BCUT2D eigenvalue weighted by atomic mass is 10.0. The van der Waals surface area contributed by atoms with E-state index in [9.17, 15) is 0 Å². The third kappa shape index (κ3) is 1.38. The van der Waals surface area contributed by atoms with Crippen molar-refractivity contribution in [1.29, 1.82) is 0 Å². The highest BCUT2D eigenvalue weighted by Gasteiger charge is 2.22. The molecule has 3 heteroatoms. The quantitative estimate of drug-likeness (QED) is 0.751. The molecule has 0 radical (unpaired) electrons. The lowest BCUT2D eigenvalue weighted by molar-refractivity contribution is 0.947. The maximum atomic E-state index is 6.30. The number of rotatable bonds is 0. The molecule has 0 unspecified atom stereocenters. The van der Waals surface area contributed by atoms with Crippen molar-refractivity contribution >= 4 is 22.4 Å². The van der Waals surface area contributed by atoms with Crippen molar-refractivity contribution in [3.05, 3.63) is 28.8 Å². The van der Waals surface area contributed by atoms with E-state index >= 15 is 0 Å². The monoisotopic (exact) mass is 227 g/mol. The molecule has 2 N–H and O–H groups in total. The zero-order valence-corrected chi connectivity index (χ0v) is 10.5. The van der Waals surface area contributed by atoms with Gasteiger partial charge in [0, 0.05) is 30.2 Å². The summed E-state index contributed by atoms with van der Waals surface area (Å²) in [5.74, 6) is 1.06. The smallest absolute Gasteiger partial charge is 0.134 e. The van der Waals surface area contributed by atoms with Crippen molar-refractivity contribution in [2.75, 3.05) is 24.2 Å². The molecule has 1 aromatic carbocycles. The lowest BCUT2D eigenvalue weighted by Gasteiger charge is -2.14. The molecular formula is C14H17N3. The first-order valence-electron chi connectivity index (χ1n) is 5.98. The molecule has 17 heavy (non-hydrogen) atoms. The largest absolute Gasteiger partial charge is 0.398 e. The minimum absolute atomic E-state index is 0.918. The van der Waals surface area contributed by atoms with Gasteiger partial charge in [-0.05, 0) is 31.9 Å². The van der Waals surface area contributed by atoms with Crippen LogP contribution >= 0.6 is 0 Å². The number of nitrogen functional groups attached to an aromatic ring is 1. The van der Waals surface area contributed by atoms with E-state index in [2.05, 4.69) is 37.9 Å². The molecule has 88 valence electrons. The summed E-state index contributed by atoms with van der Waals surface area (Å²) in [6, 6.07) is 4.30. The molecule has 0 amide bonds. The summed E-state index contributed by atoms with van der Waals surface area (Å²) >= 11 is 0. The highest BCUT2D eigenvalue weighted by molar-refractivity contribution is 5.97. The Kier molecular flexibility index (Phi) is 2.05. The van der Waals surface area contributed by atoms with Crippen LogP contribution in [-0.2, 0) is 6.42 Å². The Morgan fingerprint density at radius 2 is 2.06 bits per heavy atom. The van der Waals surface area contributed by atoms with Gasteiger partial charge in [-0.15, -0.1) is 0 Å². The average molecular weight is 227 g/mol. The normalized spacial score (nSPS) is 14.4. The van der Waals surface area contributed by atoms with E-state index in [1.165, 1.54) is 16.7 Å². The molecule has 0 bridgehead atoms. The van der Waals surface area contributed by atoms with Crippen LogP contribution in [0.1, 0.15) is 16.7 Å². The Balaban J connectivity index is 2.44. The first-order valence-corrected chi connectivity index (χ1v) is 5.98. The first kappa shape index (κ1) is 10.4. The van der Waals surface area contributed by atoms with Crippen molar-refractivity contribution in [3.8, 4) is 0 Å². The minimum atomic E-state index is 0.918. The fourth-order valence-corrected chi connectivity index (χ4v) is 2.72. The van der Waals surface area contributed by atoms with Gasteiger partial charge in [0.05, 0.1) is 5.52 Å². The molecule has 0 atom stereocenters. The van der Waals surface area contributed by atoms with Crippen LogP contribution in [0.25, 0.3) is 10.9 Å². The van der Waals surface area contributed by atoms with Gasteiger partial charge >= 0.3 is 0 Å². The molecule has 0 fully saturated rings. The van der Waals surface area contributed by atoms with Crippen LogP contribution in [0.15, 0.2) is 12.1 Å². The summed E-state index contributed by atoms with van der Waals surface area (Å²) in [4.78, 5) is 6.97. The SMILES string of the molecule is Cc1cc(C)c2nc3c(c(N)c2c1)CCN3C. The van der Waals surface area contributed by atoms with Crippen LogP contribution in [0.4, 0.5) is 11.5 Å². The van der Waals surface area contributed by atoms with Gasteiger partial charge in [0.1, 0.15) is 5.82 Å². The van der Waals surface area contributed by atoms with Crippen LogP contribution in [0.5, 0.6) is 0 Å². The fraction of sp³-hybridized carbons (Fsp3) is 0.357.